The summed E-state index contributed by atoms with van der Waals surface area (Å²) in [4.78, 5) is 17.9. The van der Waals surface area contributed by atoms with E-state index in [4.69, 9.17) is 26.2 Å². The van der Waals surface area contributed by atoms with Crippen molar-refractivity contribution in [1.29, 1.82) is 0 Å². The van der Waals surface area contributed by atoms with Crippen molar-refractivity contribution in [3.05, 3.63) is 58.2 Å². The molecule has 0 radical (unpaired) electrons. The number of carboxylic acid groups (broad SMARTS) is 1. The second-order valence-corrected chi connectivity index (χ2v) is 12.7. The number of methoxy groups -OCH3 is 1. The van der Waals surface area contributed by atoms with Crippen LogP contribution in [0.1, 0.15) is 35.4 Å². The van der Waals surface area contributed by atoms with Gasteiger partial charge in [0, 0.05) is 7.05 Å². The van der Waals surface area contributed by atoms with Crippen LogP contribution in [0.25, 0.3) is 0 Å². The maximum atomic E-state index is 12.3. The Kier molecular flexibility index (Phi) is 10.1. The van der Waals surface area contributed by atoms with Gasteiger partial charge in [-0.05, 0) is 85.6 Å². The van der Waals surface area contributed by atoms with Crippen molar-refractivity contribution in [2.24, 2.45) is 0 Å². The lowest BCUT2D eigenvalue weighted by Gasteiger charge is -2.26. The summed E-state index contributed by atoms with van der Waals surface area (Å²) in [7, 11) is -0.284. The molecule has 1 aromatic heterocycles. The third-order valence-corrected chi connectivity index (χ3v) is 8.78. The minimum absolute atomic E-state index is 0.313. The lowest BCUT2D eigenvalue weighted by atomic mass is 9.85. The van der Waals surface area contributed by atoms with Gasteiger partial charge in [-0.15, -0.1) is 0 Å². The van der Waals surface area contributed by atoms with E-state index in [1.807, 2.05) is 18.2 Å². The molecule has 2 aliphatic heterocycles. The Morgan fingerprint density at radius 3 is 2.41 bits per heavy atom. The molecule has 6 bridgehead atoms. The minimum Gasteiger partial charge on any atom is -0.495 e. The number of aliphatic carboxylic acids is 1. The van der Waals surface area contributed by atoms with Gasteiger partial charge < -0.3 is 25.8 Å². The number of nitrogens with one attached hydrogen (secondary N) is 3. The molecule has 0 aliphatic carbocycles. The summed E-state index contributed by atoms with van der Waals surface area (Å²) in [5, 5.41) is 17.4. The Morgan fingerprint density at radius 2 is 1.80 bits per heavy atom. The zero-order valence-corrected chi connectivity index (χ0v) is 25.7. The van der Waals surface area contributed by atoms with Crippen molar-refractivity contribution in [1.82, 2.24) is 15.3 Å². The van der Waals surface area contributed by atoms with Crippen molar-refractivity contribution >= 4 is 56.4 Å². The smallest absolute Gasteiger partial charge is 0.490 e. The van der Waals surface area contributed by atoms with Gasteiger partial charge in [-0.3, -0.25) is 4.31 Å². The topological polar surface area (TPSA) is 146 Å². The normalized spacial score (nSPS) is 15.2. The second-order valence-electron chi connectivity index (χ2n) is 10.3. The van der Waals surface area contributed by atoms with Gasteiger partial charge in [0.15, 0.2) is 5.82 Å². The van der Waals surface area contributed by atoms with Gasteiger partial charge in [-0.2, -0.15) is 18.2 Å². The SMILES string of the molecule is COc1cc(C2CCNCC2)c2cc1Nc1ncc(Cl)c(n1)Nc1cc(ccc1N(C)S(C)(=O)=O)CC2.O=C(O)C(F)(F)F. The molecule has 0 spiro atoms. The summed E-state index contributed by atoms with van der Waals surface area (Å²) in [5.74, 6) is -0.856. The summed E-state index contributed by atoms with van der Waals surface area (Å²) >= 11 is 6.44. The molecule has 0 saturated carbocycles. The highest BCUT2D eigenvalue weighted by molar-refractivity contribution is 7.92. The number of anilines is 5. The molecule has 44 heavy (non-hydrogen) atoms. The number of carbonyl (C=O) groups is 1. The van der Waals surface area contributed by atoms with Gasteiger partial charge in [0.25, 0.3) is 0 Å². The number of carboxylic acids is 1. The van der Waals surface area contributed by atoms with E-state index in [0.29, 0.717) is 34.1 Å². The standard InChI is InChI=1S/C26H31ClN6O3S.C2HF3O2/c1-33(37(3,34)35)23-7-5-16-4-6-18-13-22(24(36-2)14-19(18)17-8-10-28-11-9-17)31-26-29-15-20(27)25(32-26)30-21(23)12-16;3-2(4,5)1(6)7/h5,7,12-15,17,28H,4,6,8-11H2,1-3H3,(H2,29,30,31,32);(H,6,7). The first-order valence-electron chi connectivity index (χ1n) is 13.5. The molecule has 0 atom stereocenters. The van der Waals surface area contributed by atoms with Crippen molar-refractivity contribution in [2.45, 2.75) is 37.8 Å². The van der Waals surface area contributed by atoms with Crippen LogP contribution in [0, 0.1) is 0 Å². The maximum Gasteiger partial charge on any atom is 0.490 e. The lowest BCUT2D eigenvalue weighted by Crippen LogP contribution is -2.27. The van der Waals surface area contributed by atoms with E-state index in [1.165, 1.54) is 34.9 Å². The molecule has 238 valence electrons. The van der Waals surface area contributed by atoms with Crippen LogP contribution in [0.15, 0.2) is 36.5 Å². The Bertz CT molecular complexity index is 1630. The van der Waals surface area contributed by atoms with Gasteiger partial charge in [0.1, 0.15) is 10.8 Å². The fourth-order valence-electron chi connectivity index (χ4n) is 4.97. The Hall–Kier alpha value is -3.82. The fourth-order valence-corrected chi connectivity index (χ4v) is 5.63. The zero-order valence-electron chi connectivity index (χ0n) is 24.1. The number of sulfonamides is 1. The number of hydrogen-bond donors (Lipinski definition) is 4. The molecular weight excluding hydrogens is 625 g/mol. The van der Waals surface area contributed by atoms with Gasteiger partial charge in [-0.1, -0.05) is 17.7 Å². The summed E-state index contributed by atoms with van der Waals surface area (Å²) < 4.78 is 63.4. The highest BCUT2D eigenvalue weighted by Gasteiger charge is 2.38. The van der Waals surface area contributed by atoms with Gasteiger partial charge in [0.2, 0.25) is 16.0 Å². The second kappa shape index (κ2) is 13.4. The highest BCUT2D eigenvalue weighted by atomic mass is 35.5. The number of rotatable bonds is 4. The molecule has 3 heterocycles. The summed E-state index contributed by atoms with van der Waals surface area (Å²) in [6, 6.07) is 10.1. The van der Waals surface area contributed by atoms with Crippen LogP contribution in [0.3, 0.4) is 0 Å². The number of halogens is 4. The number of piperidine rings is 1. The van der Waals surface area contributed by atoms with E-state index in [9.17, 15) is 21.6 Å². The quantitative estimate of drug-likeness (QED) is 0.295. The first-order chi connectivity index (χ1) is 20.7. The number of nitrogens with zero attached hydrogens (tertiary/aromatic N) is 3. The van der Waals surface area contributed by atoms with Gasteiger partial charge >= 0.3 is 12.1 Å². The van der Waals surface area contributed by atoms with Crippen molar-refractivity contribution in [2.75, 3.05) is 48.4 Å². The molecule has 16 heteroatoms. The predicted molar refractivity (Wildman–Crippen MR) is 162 cm³/mol. The summed E-state index contributed by atoms with van der Waals surface area (Å²) in [6.45, 7) is 2.00. The van der Waals surface area contributed by atoms with Crippen LogP contribution >= 0.6 is 11.6 Å². The molecule has 11 nitrogen and oxygen atoms in total. The van der Waals surface area contributed by atoms with Crippen LogP contribution in [-0.2, 0) is 27.7 Å². The average Bonchev–Trinajstić information content (AvgIpc) is 2.97. The third kappa shape index (κ3) is 8.01. The number of aryl methyl sites for hydroxylation is 2. The number of fused-ring (bicyclic) bond motifs is 6. The third-order valence-electron chi connectivity index (χ3n) is 7.31. The van der Waals surface area contributed by atoms with Crippen LogP contribution in [0.2, 0.25) is 5.02 Å². The molecule has 5 rings (SSSR count). The van der Waals surface area contributed by atoms with Gasteiger partial charge in [-0.25, -0.2) is 18.2 Å². The van der Waals surface area contributed by atoms with Gasteiger partial charge in [0.05, 0.1) is 36.6 Å². The number of alkyl halides is 3. The van der Waals surface area contributed by atoms with E-state index in [1.54, 1.807) is 7.11 Å². The minimum atomic E-state index is -5.08. The summed E-state index contributed by atoms with van der Waals surface area (Å²) in [5.41, 5.74) is 5.51. The molecular formula is C28H32ClF3N6O5S. The van der Waals surface area contributed by atoms with Crippen molar-refractivity contribution in [3.63, 3.8) is 0 Å². The zero-order chi connectivity index (χ0) is 32.2. The molecule has 3 aromatic rings. The highest BCUT2D eigenvalue weighted by Crippen LogP contribution is 2.39. The molecule has 2 aliphatic rings. The molecule has 4 N–H and O–H groups in total. The maximum absolute atomic E-state index is 12.3. The van der Waals surface area contributed by atoms with E-state index in [0.717, 1.165) is 55.8 Å². The van der Waals surface area contributed by atoms with Crippen molar-refractivity contribution in [3.8, 4) is 5.75 Å². The van der Waals surface area contributed by atoms with E-state index in [-0.39, 0.29) is 0 Å². The molecule has 0 unspecified atom stereocenters. The average molecular weight is 657 g/mol. The molecule has 0 amide bonds. The van der Waals surface area contributed by atoms with Crippen molar-refractivity contribution < 1.29 is 36.2 Å². The fraction of sp³-hybridized carbons (Fsp3) is 0.393. The number of hydrogen-bond acceptors (Lipinski definition) is 9. The van der Waals surface area contributed by atoms with E-state index in [2.05, 4.69) is 38.1 Å². The number of aromatic nitrogens is 2. The monoisotopic (exact) mass is 656 g/mol. The Balaban J connectivity index is 0.000000566. The predicted octanol–water partition coefficient (Wildman–Crippen LogP) is 5.22. The lowest BCUT2D eigenvalue weighted by molar-refractivity contribution is -0.192. The number of benzene rings is 2. The van der Waals surface area contributed by atoms with E-state index < -0.39 is 22.2 Å². The molecule has 2 aromatic carbocycles. The summed E-state index contributed by atoms with van der Waals surface area (Å²) in [6.07, 6.45) is 1.35. The largest absolute Gasteiger partial charge is 0.495 e. The van der Waals surface area contributed by atoms with Crippen LogP contribution in [0.4, 0.5) is 42.0 Å². The van der Waals surface area contributed by atoms with E-state index >= 15 is 0 Å². The first kappa shape index (κ1) is 33.1. The first-order valence-corrected chi connectivity index (χ1v) is 15.7. The Morgan fingerprint density at radius 1 is 1.11 bits per heavy atom. The number of ether oxygens (including phenoxy) is 1. The molecule has 1 saturated heterocycles. The van der Waals surface area contributed by atoms with Crippen LogP contribution < -0.4 is 25.0 Å². The van der Waals surface area contributed by atoms with Crippen LogP contribution in [0.5, 0.6) is 5.75 Å². The Labute approximate surface area is 257 Å². The van der Waals surface area contributed by atoms with Crippen LogP contribution in [-0.4, -0.2) is 69.1 Å². The molecule has 1 fully saturated rings.